The van der Waals surface area contributed by atoms with E-state index in [2.05, 4.69) is 4.74 Å². The Bertz CT molecular complexity index is 297. The molecule has 0 fully saturated rings. The number of anilines is 1. The Balaban J connectivity index is 0.00000144. The summed E-state index contributed by atoms with van der Waals surface area (Å²) in [6.07, 6.45) is 0. The molecule has 2 N–H and O–H groups in total. The summed E-state index contributed by atoms with van der Waals surface area (Å²) in [5.41, 5.74) is 5.23. The van der Waals surface area contributed by atoms with Gasteiger partial charge < -0.3 is 10.5 Å². The van der Waals surface area contributed by atoms with Crippen molar-refractivity contribution >= 4 is 24.1 Å². The summed E-state index contributed by atoms with van der Waals surface area (Å²) in [4.78, 5) is 10.9. The van der Waals surface area contributed by atoms with Crippen LogP contribution in [0.15, 0.2) is 18.2 Å². The number of methoxy groups -OCH3 is 1. The molecule has 0 aliphatic carbocycles. The van der Waals surface area contributed by atoms with Gasteiger partial charge in [0.05, 0.1) is 7.11 Å². The van der Waals surface area contributed by atoms with E-state index in [1.54, 1.807) is 0 Å². The van der Waals surface area contributed by atoms with Crippen LogP contribution in [0.25, 0.3) is 0 Å². The minimum Gasteiger partial charge on any atom is -0.465 e. The molecular formula is C8H9ClFNO2. The number of carbonyl (C=O) groups is 1. The highest BCUT2D eigenvalue weighted by atomic mass is 35.5. The summed E-state index contributed by atoms with van der Waals surface area (Å²) in [7, 11) is 1.17. The molecule has 0 heterocycles. The number of rotatable bonds is 1. The molecule has 1 aromatic rings. The topological polar surface area (TPSA) is 52.3 Å². The van der Waals surface area contributed by atoms with E-state index in [0.717, 1.165) is 6.07 Å². The van der Waals surface area contributed by atoms with E-state index in [1.165, 1.54) is 19.2 Å². The van der Waals surface area contributed by atoms with Crippen molar-refractivity contribution in [1.29, 1.82) is 0 Å². The molecule has 0 atom stereocenters. The second kappa shape index (κ2) is 4.67. The lowest BCUT2D eigenvalue weighted by molar-refractivity contribution is 0.0597. The van der Waals surface area contributed by atoms with Crippen molar-refractivity contribution in [2.75, 3.05) is 12.8 Å². The van der Waals surface area contributed by atoms with Gasteiger partial charge in [0, 0.05) is 5.69 Å². The molecule has 0 radical (unpaired) electrons. The third-order valence-corrected chi connectivity index (χ3v) is 1.44. The summed E-state index contributed by atoms with van der Waals surface area (Å²) in [5, 5.41) is 0. The van der Waals surface area contributed by atoms with Crippen molar-refractivity contribution in [3.05, 3.63) is 29.6 Å². The van der Waals surface area contributed by atoms with Crippen molar-refractivity contribution in [2.24, 2.45) is 0 Å². The fourth-order valence-electron chi connectivity index (χ4n) is 0.858. The third kappa shape index (κ3) is 2.32. The average Bonchev–Trinajstić information content (AvgIpc) is 2.03. The van der Waals surface area contributed by atoms with Crippen molar-refractivity contribution in [3.8, 4) is 0 Å². The normalized spacial score (nSPS) is 8.77. The van der Waals surface area contributed by atoms with Gasteiger partial charge in [0.25, 0.3) is 0 Å². The fourth-order valence-corrected chi connectivity index (χ4v) is 0.858. The van der Waals surface area contributed by atoms with Gasteiger partial charge in [-0.15, -0.1) is 12.4 Å². The zero-order valence-electron chi connectivity index (χ0n) is 6.91. The number of carbonyl (C=O) groups excluding carboxylic acids is 1. The Labute approximate surface area is 81.1 Å². The van der Waals surface area contributed by atoms with Crippen LogP contribution in [0.1, 0.15) is 10.4 Å². The zero-order valence-corrected chi connectivity index (χ0v) is 7.73. The molecule has 0 bridgehead atoms. The van der Waals surface area contributed by atoms with Gasteiger partial charge in [0.15, 0.2) is 0 Å². The Morgan fingerprint density at radius 2 is 2.15 bits per heavy atom. The molecule has 0 aliphatic heterocycles. The first-order valence-corrected chi connectivity index (χ1v) is 3.29. The molecule has 0 amide bonds. The van der Waals surface area contributed by atoms with Crippen LogP contribution < -0.4 is 5.73 Å². The number of esters is 1. The van der Waals surface area contributed by atoms with Gasteiger partial charge >= 0.3 is 5.97 Å². The molecule has 72 valence electrons. The van der Waals surface area contributed by atoms with Crippen LogP contribution in [0.2, 0.25) is 0 Å². The van der Waals surface area contributed by atoms with Crippen molar-refractivity contribution in [2.45, 2.75) is 0 Å². The van der Waals surface area contributed by atoms with Crippen LogP contribution in [-0.4, -0.2) is 13.1 Å². The fraction of sp³-hybridized carbons (Fsp3) is 0.125. The molecule has 1 aromatic carbocycles. The summed E-state index contributed by atoms with van der Waals surface area (Å²) in [5.74, 6) is -1.42. The number of nitrogens with two attached hydrogens (primary N) is 1. The smallest absolute Gasteiger partial charge is 0.342 e. The molecule has 5 heteroatoms. The molecule has 0 saturated heterocycles. The second-order valence-electron chi connectivity index (χ2n) is 2.20. The van der Waals surface area contributed by atoms with Crippen LogP contribution >= 0.6 is 12.4 Å². The molecule has 0 unspecified atom stereocenters. The van der Waals surface area contributed by atoms with Gasteiger partial charge in [0.2, 0.25) is 0 Å². The van der Waals surface area contributed by atoms with Crippen molar-refractivity contribution < 1.29 is 13.9 Å². The highest BCUT2D eigenvalue weighted by Gasteiger charge is 2.14. The van der Waals surface area contributed by atoms with E-state index < -0.39 is 11.8 Å². The lowest BCUT2D eigenvalue weighted by Crippen LogP contribution is -2.08. The van der Waals surface area contributed by atoms with E-state index in [-0.39, 0.29) is 23.7 Å². The number of benzene rings is 1. The Morgan fingerprint density at radius 3 is 2.62 bits per heavy atom. The standard InChI is InChI=1S/C8H8FNO2.ClH/c1-12-8(11)7-5(9)3-2-4-6(7)10;/h2-4H,10H2,1H3;1H. The number of hydrogen-bond donors (Lipinski definition) is 1. The molecule has 13 heavy (non-hydrogen) atoms. The summed E-state index contributed by atoms with van der Waals surface area (Å²) in [6, 6.07) is 4.02. The number of nitrogen functional groups attached to an aromatic ring is 1. The van der Waals surface area contributed by atoms with Crippen LogP contribution in [0.3, 0.4) is 0 Å². The number of hydrogen-bond acceptors (Lipinski definition) is 3. The lowest BCUT2D eigenvalue weighted by atomic mass is 10.2. The van der Waals surface area contributed by atoms with Crippen LogP contribution in [0, 0.1) is 5.82 Å². The first-order chi connectivity index (χ1) is 5.66. The molecule has 1 rings (SSSR count). The van der Waals surface area contributed by atoms with Gasteiger partial charge in [-0.3, -0.25) is 0 Å². The summed E-state index contributed by atoms with van der Waals surface area (Å²) < 4.78 is 17.2. The van der Waals surface area contributed by atoms with E-state index in [9.17, 15) is 9.18 Å². The van der Waals surface area contributed by atoms with Gasteiger partial charge in [-0.25, -0.2) is 9.18 Å². The number of halogens is 2. The first-order valence-electron chi connectivity index (χ1n) is 3.29. The molecule has 0 aliphatic rings. The molecule has 0 aromatic heterocycles. The SMILES string of the molecule is COC(=O)c1c(N)cccc1F.Cl. The monoisotopic (exact) mass is 205 g/mol. The van der Waals surface area contributed by atoms with Crippen molar-refractivity contribution in [1.82, 2.24) is 0 Å². The maximum atomic E-state index is 12.9. The predicted molar refractivity (Wildman–Crippen MR) is 49.4 cm³/mol. The third-order valence-electron chi connectivity index (χ3n) is 1.44. The molecular weight excluding hydrogens is 197 g/mol. The van der Waals surface area contributed by atoms with Crippen LogP contribution in [0.4, 0.5) is 10.1 Å². The van der Waals surface area contributed by atoms with Crippen LogP contribution in [-0.2, 0) is 4.74 Å². The maximum Gasteiger partial charge on any atom is 0.342 e. The lowest BCUT2D eigenvalue weighted by Gasteiger charge is -2.03. The molecule has 0 spiro atoms. The van der Waals surface area contributed by atoms with Gasteiger partial charge in [-0.2, -0.15) is 0 Å². The average molecular weight is 206 g/mol. The summed E-state index contributed by atoms with van der Waals surface area (Å²) >= 11 is 0. The molecule has 3 nitrogen and oxygen atoms in total. The van der Waals surface area contributed by atoms with Crippen molar-refractivity contribution in [3.63, 3.8) is 0 Å². The van der Waals surface area contributed by atoms with Gasteiger partial charge in [-0.05, 0) is 12.1 Å². The summed E-state index contributed by atoms with van der Waals surface area (Å²) in [6.45, 7) is 0. The highest BCUT2D eigenvalue weighted by molar-refractivity contribution is 5.95. The first kappa shape index (κ1) is 11.7. The minimum absolute atomic E-state index is 0. The highest BCUT2D eigenvalue weighted by Crippen LogP contribution is 2.15. The predicted octanol–water partition coefficient (Wildman–Crippen LogP) is 1.62. The minimum atomic E-state index is -0.759. The largest absolute Gasteiger partial charge is 0.465 e. The Kier molecular flexibility index (Phi) is 4.20. The second-order valence-corrected chi connectivity index (χ2v) is 2.20. The zero-order chi connectivity index (χ0) is 9.14. The van der Waals surface area contributed by atoms with Crippen LogP contribution in [0.5, 0.6) is 0 Å². The van der Waals surface area contributed by atoms with Gasteiger partial charge in [-0.1, -0.05) is 6.07 Å². The van der Waals surface area contributed by atoms with E-state index in [4.69, 9.17) is 5.73 Å². The number of ether oxygens (including phenoxy) is 1. The maximum absolute atomic E-state index is 12.9. The Hall–Kier alpha value is -1.29. The molecule has 0 saturated carbocycles. The van der Waals surface area contributed by atoms with E-state index in [1.807, 2.05) is 0 Å². The quantitative estimate of drug-likeness (QED) is 0.560. The van der Waals surface area contributed by atoms with E-state index in [0.29, 0.717) is 0 Å². The van der Waals surface area contributed by atoms with Gasteiger partial charge in [0.1, 0.15) is 11.4 Å². The van der Waals surface area contributed by atoms with E-state index >= 15 is 0 Å². The Morgan fingerprint density at radius 1 is 1.54 bits per heavy atom.